The Morgan fingerprint density at radius 3 is 2.75 bits per heavy atom. The van der Waals surface area contributed by atoms with Crippen molar-refractivity contribution in [3.05, 3.63) is 40.4 Å². The molecule has 0 radical (unpaired) electrons. The predicted octanol–water partition coefficient (Wildman–Crippen LogP) is 3.29. The number of alkyl halides is 1. The SMILES string of the molecule is CCC(Cl)c1nc2ccccc2c(=O)n1C(C)COC. The van der Waals surface area contributed by atoms with Crippen LogP contribution in [-0.2, 0) is 4.74 Å². The smallest absolute Gasteiger partial charge is 0.261 e. The molecule has 0 bridgehead atoms. The van der Waals surface area contributed by atoms with E-state index >= 15 is 0 Å². The quantitative estimate of drug-likeness (QED) is 0.795. The van der Waals surface area contributed by atoms with Crippen LogP contribution >= 0.6 is 11.6 Å². The fraction of sp³-hybridized carbons (Fsp3) is 0.467. The maximum Gasteiger partial charge on any atom is 0.261 e. The third-order valence-corrected chi connectivity index (χ3v) is 3.83. The summed E-state index contributed by atoms with van der Waals surface area (Å²) in [5, 5.41) is 0.325. The van der Waals surface area contributed by atoms with Crippen LogP contribution in [0.25, 0.3) is 10.9 Å². The first-order valence-corrected chi connectivity index (χ1v) is 7.18. The summed E-state index contributed by atoms with van der Waals surface area (Å²) in [6.07, 6.45) is 0.714. The lowest BCUT2D eigenvalue weighted by molar-refractivity contribution is 0.159. The molecule has 2 aromatic rings. The van der Waals surface area contributed by atoms with Crippen molar-refractivity contribution in [2.75, 3.05) is 13.7 Å². The summed E-state index contributed by atoms with van der Waals surface area (Å²) in [6.45, 7) is 4.36. The molecule has 1 aromatic carbocycles. The van der Waals surface area contributed by atoms with E-state index in [1.807, 2.05) is 32.0 Å². The molecule has 0 aliphatic rings. The fourth-order valence-electron chi connectivity index (χ4n) is 2.31. The van der Waals surface area contributed by atoms with Gasteiger partial charge in [0.05, 0.1) is 28.9 Å². The molecular weight excluding hydrogens is 276 g/mol. The molecule has 0 amide bonds. The normalized spacial score (nSPS) is 14.4. The topological polar surface area (TPSA) is 44.1 Å². The van der Waals surface area contributed by atoms with Crippen molar-refractivity contribution < 1.29 is 4.74 Å². The Morgan fingerprint density at radius 2 is 2.10 bits per heavy atom. The maximum atomic E-state index is 12.7. The lowest BCUT2D eigenvalue weighted by Crippen LogP contribution is -2.30. The van der Waals surface area contributed by atoms with Crippen LogP contribution in [0.5, 0.6) is 0 Å². The van der Waals surface area contributed by atoms with Crippen LogP contribution in [0.3, 0.4) is 0 Å². The molecule has 0 aliphatic heterocycles. The number of benzene rings is 1. The van der Waals surface area contributed by atoms with E-state index in [9.17, 15) is 4.79 Å². The van der Waals surface area contributed by atoms with Gasteiger partial charge in [-0.25, -0.2) is 4.98 Å². The van der Waals surface area contributed by atoms with E-state index < -0.39 is 0 Å². The van der Waals surface area contributed by atoms with Crippen LogP contribution in [0.15, 0.2) is 29.1 Å². The van der Waals surface area contributed by atoms with Crippen molar-refractivity contribution in [3.63, 3.8) is 0 Å². The Morgan fingerprint density at radius 1 is 1.40 bits per heavy atom. The van der Waals surface area contributed by atoms with Gasteiger partial charge in [0.25, 0.3) is 5.56 Å². The van der Waals surface area contributed by atoms with Crippen LogP contribution in [0.1, 0.15) is 37.5 Å². The van der Waals surface area contributed by atoms with E-state index in [0.29, 0.717) is 29.8 Å². The van der Waals surface area contributed by atoms with Crippen LogP contribution < -0.4 is 5.56 Å². The minimum Gasteiger partial charge on any atom is -0.383 e. The number of nitrogens with zero attached hydrogens (tertiary/aromatic N) is 2. The molecule has 0 saturated heterocycles. The molecule has 5 heteroatoms. The maximum absolute atomic E-state index is 12.7. The molecule has 2 atom stereocenters. The zero-order valence-corrected chi connectivity index (χ0v) is 12.7. The second kappa shape index (κ2) is 6.37. The zero-order chi connectivity index (χ0) is 14.7. The van der Waals surface area contributed by atoms with Gasteiger partial charge < -0.3 is 4.74 Å². The highest BCUT2D eigenvalue weighted by atomic mass is 35.5. The van der Waals surface area contributed by atoms with E-state index in [0.717, 1.165) is 0 Å². The summed E-state index contributed by atoms with van der Waals surface area (Å²) in [6, 6.07) is 7.24. The van der Waals surface area contributed by atoms with Crippen molar-refractivity contribution >= 4 is 22.5 Å². The Kier molecular flexibility index (Phi) is 4.78. The molecule has 0 spiro atoms. The van der Waals surface area contributed by atoms with E-state index in [1.54, 1.807) is 17.7 Å². The largest absolute Gasteiger partial charge is 0.383 e. The standard InChI is InChI=1S/C15H19ClN2O2/c1-4-12(16)14-17-13-8-6-5-7-11(13)15(19)18(14)10(2)9-20-3/h5-8,10,12H,4,9H2,1-3H3. The Bertz CT molecular complexity index is 654. The molecular formula is C15H19ClN2O2. The molecule has 1 heterocycles. The number of hydrogen-bond acceptors (Lipinski definition) is 3. The minimum atomic E-state index is -0.286. The van der Waals surface area contributed by atoms with Crippen LogP contribution in [0.4, 0.5) is 0 Å². The molecule has 0 aliphatic carbocycles. The highest BCUT2D eigenvalue weighted by Gasteiger charge is 2.20. The second-order valence-corrected chi connectivity index (χ2v) is 5.37. The van der Waals surface area contributed by atoms with E-state index in [1.165, 1.54) is 0 Å². The first-order chi connectivity index (χ1) is 9.60. The van der Waals surface area contributed by atoms with E-state index in [4.69, 9.17) is 16.3 Å². The number of ether oxygens (including phenoxy) is 1. The lowest BCUT2D eigenvalue weighted by Gasteiger charge is -2.21. The van der Waals surface area contributed by atoms with Crippen molar-refractivity contribution in [1.29, 1.82) is 0 Å². The molecule has 108 valence electrons. The molecule has 1 aromatic heterocycles. The predicted molar refractivity (Wildman–Crippen MR) is 81.5 cm³/mol. The van der Waals surface area contributed by atoms with Crippen LogP contribution in [-0.4, -0.2) is 23.3 Å². The number of halogens is 1. The Labute approximate surface area is 123 Å². The van der Waals surface area contributed by atoms with Gasteiger partial charge in [-0.3, -0.25) is 9.36 Å². The van der Waals surface area contributed by atoms with Crippen molar-refractivity contribution in [2.45, 2.75) is 31.7 Å². The van der Waals surface area contributed by atoms with Crippen LogP contribution in [0, 0.1) is 0 Å². The molecule has 20 heavy (non-hydrogen) atoms. The summed E-state index contributed by atoms with van der Waals surface area (Å²) < 4.78 is 6.82. The minimum absolute atomic E-state index is 0.0609. The average Bonchev–Trinajstić information content (AvgIpc) is 2.46. The van der Waals surface area contributed by atoms with Crippen molar-refractivity contribution in [3.8, 4) is 0 Å². The van der Waals surface area contributed by atoms with Gasteiger partial charge in [0.15, 0.2) is 0 Å². The Balaban J connectivity index is 2.73. The number of para-hydroxylation sites is 1. The zero-order valence-electron chi connectivity index (χ0n) is 12.0. The highest BCUT2D eigenvalue weighted by Crippen LogP contribution is 2.25. The number of aromatic nitrogens is 2. The van der Waals surface area contributed by atoms with Gasteiger partial charge in [-0.1, -0.05) is 19.1 Å². The highest BCUT2D eigenvalue weighted by molar-refractivity contribution is 6.20. The van der Waals surface area contributed by atoms with E-state index in [2.05, 4.69) is 4.98 Å². The first-order valence-electron chi connectivity index (χ1n) is 6.74. The second-order valence-electron chi connectivity index (χ2n) is 4.84. The number of fused-ring (bicyclic) bond motifs is 1. The van der Waals surface area contributed by atoms with Gasteiger partial charge in [-0.2, -0.15) is 0 Å². The van der Waals surface area contributed by atoms with Gasteiger partial charge in [0, 0.05) is 7.11 Å². The van der Waals surface area contributed by atoms with Gasteiger partial charge in [-0.05, 0) is 25.5 Å². The number of hydrogen-bond donors (Lipinski definition) is 0. The third-order valence-electron chi connectivity index (χ3n) is 3.32. The first kappa shape index (κ1) is 15.0. The molecule has 0 N–H and O–H groups in total. The summed E-state index contributed by atoms with van der Waals surface area (Å²) in [4.78, 5) is 17.3. The van der Waals surface area contributed by atoms with Crippen molar-refractivity contribution in [1.82, 2.24) is 9.55 Å². The van der Waals surface area contributed by atoms with Gasteiger partial charge >= 0.3 is 0 Å². The van der Waals surface area contributed by atoms with Gasteiger partial charge in [-0.15, -0.1) is 11.6 Å². The summed E-state index contributed by atoms with van der Waals surface area (Å²) in [7, 11) is 1.62. The number of methoxy groups -OCH3 is 1. The summed E-state index contributed by atoms with van der Waals surface area (Å²) in [5.74, 6) is 0.613. The monoisotopic (exact) mass is 294 g/mol. The molecule has 0 fully saturated rings. The van der Waals surface area contributed by atoms with Gasteiger partial charge in [0.2, 0.25) is 0 Å². The number of rotatable bonds is 5. The average molecular weight is 295 g/mol. The third kappa shape index (κ3) is 2.72. The lowest BCUT2D eigenvalue weighted by atomic mass is 10.2. The van der Waals surface area contributed by atoms with Gasteiger partial charge in [0.1, 0.15) is 5.82 Å². The molecule has 2 unspecified atom stereocenters. The van der Waals surface area contributed by atoms with E-state index in [-0.39, 0.29) is 17.0 Å². The van der Waals surface area contributed by atoms with Crippen molar-refractivity contribution in [2.24, 2.45) is 0 Å². The molecule has 4 nitrogen and oxygen atoms in total. The molecule has 2 rings (SSSR count). The Hall–Kier alpha value is -1.39. The van der Waals surface area contributed by atoms with Crippen LogP contribution in [0.2, 0.25) is 0 Å². The molecule has 0 saturated carbocycles. The summed E-state index contributed by atoms with van der Waals surface area (Å²) in [5.41, 5.74) is 0.627. The fourth-order valence-corrected chi connectivity index (χ4v) is 2.46. The summed E-state index contributed by atoms with van der Waals surface area (Å²) >= 11 is 6.35.